The SMILES string of the molecule is NC1=Nc2cccc(Cl)c2SC1. The average molecular weight is 199 g/mol. The molecule has 2 N–H and O–H groups in total. The first-order chi connectivity index (χ1) is 5.77. The van der Waals surface area contributed by atoms with Gasteiger partial charge in [0.25, 0.3) is 0 Å². The Hall–Kier alpha value is -0.670. The smallest absolute Gasteiger partial charge is 0.110 e. The molecule has 12 heavy (non-hydrogen) atoms. The summed E-state index contributed by atoms with van der Waals surface area (Å²) >= 11 is 7.59. The Labute approximate surface area is 79.8 Å². The van der Waals surface area contributed by atoms with Crippen LogP contribution in [-0.2, 0) is 0 Å². The lowest BCUT2D eigenvalue weighted by Gasteiger charge is -2.12. The van der Waals surface area contributed by atoms with Crippen molar-refractivity contribution in [3.05, 3.63) is 23.2 Å². The highest BCUT2D eigenvalue weighted by molar-refractivity contribution is 8.00. The number of thioether (sulfide) groups is 1. The van der Waals surface area contributed by atoms with Crippen LogP contribution < -0.4 is 5.73 Å². The third-order valence-corrected chi connectivity index (χ3v) is 3.16. The lowest BCUT2D eigenvalue weighted by Crippen LogP contribution is -2.16. The van der Waals surface area contributed by atoms with Crippen molar-refractivity contribution in [3.8, 4) is 0 Å². The summed E-state index contributed by atoms with van der Waals surface area (Å²) in [6.07, 6.45) is 0. The summed E-state index contributed by atoms with van der Waals surface area (Å²) in [5.41, 5.74) is 6.47. The largest absolute Gasteiger partial charge is 0.386 e. The summed E-state index contributed by atoms with van der Waals surface area (Å²) in [6.45, 7) is 0. The topological polar surface area (TPSA) is 38.4 Å². The molecule has 0 spiro atoms. The average Bonchev–Trinajstić information content (AvgIpc) is 2.04. The Morgan fingerprint density at radius 2 is 2.33 bits per heavy atom. The molecule has 4 heteroatoms. The monoisotopic (exact) mass is 198 g/mol. The van der Waals surface area contributed by atoms with Gasteiger partial charge in [0.05, 0.1) is 21.4 Å². The highest BCUT2D eigenvalue weighted by atomic mass is 35.5. The maximum absolute atomic E-state index is 5.96. The highest BCUT2D eigenvalue weighted by Gasteiger charge is 2.12. The molecule has 0 amide bonds. The van der Waals surface area contributed by atoms with E-state index in [0.29, 0.717) is 5.84 Å². The summed E-state index contributed by atoms with van der Waals surface area (Å²) in [6, 6.07) is 5.66. The van der Waals surface area contributed by atoms with Crippen molar-refractivity contribution in [3.63, 3.8) is 0 Å². The van der Waals surface area contributed by atoms with E-state index in [2.05, 4.69) is 4.99 Å². The molecular formula is C8H7ClN2S. The predicted molar refractivity (Wildman–Crippen MR) is 53.5 cm³/mol. The summed E-state index contributed by atoms with van der Waals surface area (Å²) in [4.78, 5) is 5.23. The van der Waals surface area contributed by atoms with E-state index < -0.39 is 0 Å². The molecule has 0 saturated heterocycles. The van der Waals surface area contributed by atoms with Gasteiger partial charge < -0.3 is 5.73 Å². The van der Waals surface area contributed by atoms with Crippen LogP contribution >= 0.6 is 23.4 Å². The van der Waals surface area contributed by atoms with Gasteiger partial charge in [-0.1, -0.05) is 17.7 Å². The van der Waals surface area contributed by atoms with Gasteiger partial charge in [-0.3, -0.25) is 0 Å². The lowest BCUT2D eigenvalue weighted by atomic mass is 10.3. The Morgan fingerprint density at radius 1 is 1.50 bits per heavy atom. The van der Waals surface area contributed by atoms with Crippen molar-refractivity contribution < 1.29 is 0 Å². The normalized spacial score (nSPS) is 15.2. The minimum atomic E-state index is 0.662. The minimum Gasteiger partial charge on any atom is -0.386 e. The molecule has 0 aromatic heterocycles. The van der Waals surface area contributed by atoms with Gasteiger partial charge in [-0.25, -0.2) is 4.99 Å². The number of aliphatic imine (C=N–C) groups is 1. The molecule has 1 aliphatic heterocycles. The fourth-order valence-corrected chi connectivity index (χ4v) is 2.22. The summed E-state index contributed by atoms with van der Waals surface area (Å²) in [7, 11) is 0. The van der Waals surface area contributed by atoms with Gasteiger partial charge in [0.1, 0.15) is 5.84 Å². The first kappa shape index (κ1) is 7.95. The molecule has 0 radical (unpaired) electrons. The van der Waals surface area contributed by atoms with Gasteiger partial charge in [-0.05, 0) is 12.1 Å². The molecule has 0 atom stereocenters. The number of nitrogens with zero attached hydrogens (tertiary/aromatic N) is 1. The number of halogens is 1. The van der Waals surface area contributed by atoms with Crippen LogP contribution in [-0.4, -0.2) is 11.6 Å². The third-order valence-electron chi connectivity index (χ3n) is 1.57. The molecule has 0 saturated carbocycles. The Kier molecular flexibility index (Phi) is 1.98. The van der Waals surface area contributed by atoms with Crippen LogP contribution in [0.5, 0.6) is 0 Å². The Morgan fingerprint density at radius 3 is 3.17 bits per heavy atom. The molecule has 62 valence electrons. The van der Waals surface area contributed by atoms with E-state index in [1.54, 1.807) is 11.8 Å². The predicted octanol–water partition coefficient (Wildman–Crippen LogP) is 2.43. The highest BCUT2D eigenvalue weighted by Crippen LogP contribution is 2.38. The van der Waals surface area contributed by atoms with Gasteiger partial charge in [0.15, 0.2) is 0 Å². The second kappa shape index (κ2) is 2.99. The molecule has 1 heterocycles. The van der Waals surface area contributed by atoms with E-state index in [9.17, 15) is 0 Å². The van der Waals surface area contributed by atoms with E-state index in [-0.39, 0.29) is 0 Å². The number of fused-ring (bicyclic) bond motifs is 1. The zero-order chi connectivity index (χ0) is 8.55. The minimum absolute atomic E-state index is 0.662. The molecule has 1 aromatic carbocycles. The molecule has 1 aliphatic rings. The Bertz CT molecular complexity index is 349. The van der Waals surface area contributed by atoms with Crippen molar-refractivity contribution in [1.29, 1.82) is 0 Å². The van der Waals surface area contributed by atoms with Crippen molar-refractivity contribution >= 4 is 34.9 Å². The zero-order valence-electron chi connectivity index (χ0n) is 6.25. The molecule has 1 aromatic rings. The molecule has 2 rings (SSSR count). The molecule has 0 unspecified atom stereocenters. The number of hydrogen-bond acceptors (Lipinski definition) is 3. The summed E-state index contributed by atoms with van der Waals surface area (Å²) in [5, 5.41) is 0.758. The van der Waals surface area contributed by atoms with E-state index in [4.69, 9.17) is 17.3 Å². The van der Waals surface area contributed by atoms with Crippen LogP contribution in [0.2, 0.25) is 5.02 Å². The van der Waals surface area contributed by atoms with Crippen LogP contribution in [0.25, 0.3) is 0 Å². The van der Waals surface area contributed by atoms with Crippen LogP contribution in [0.1, 0.15) is 0 Å². The van der Waals surface area contributed by atoms with E-state index in [0.717, 1.165) is 21.4 Å². The first-order valence-corrected chi connectivity index (χ1v) is 4.88. The van der Waals surface area contributed by atoms with Crippen LogP contribution in [0, 0.1) is 0 Å². The van der Waals surface area contributed by atoms with Crippen LogP contribution in [0.3, 0.4) is 0 Å². The second-order valence-corrected chi connectivity index (χ2v) is 3.87. The zero-order valence-corrected chi connectivity index (χ0v) is 7.82. The van der Waals surface area contributed by atoms with Crippen molar-refractivity contribution in [2.45, 2.75) is 4.90 Å². The number of rotatable bonds is 0. The fraction of sp³-hybridized carbons (Fsp3) is 0.125. The number of nitrogens with two attached hydrogens (primary N) is 1. The van der Waals surface area contributed by atoms with E-state index >= 15 is 0 Å². The first-order valence-electron chi connectivity index (χ1n) is 3.52. The quantitative estimate of drug-likeness (QED) is 0.696. The van der Waals surface area contributed by atoms with Gasteiger partial charge >= 0.3 is 0 Å². The standard InChI is InChI=1S/C8H7ClN2S/c9-5-2-1-3-6-8(5)12-4-7(10)11-6/h1-3H,4H2,(H2,10,11). The summed E-state index contributed by atoms with van der Waals surface area (Å²) < 4.78 is 0. The van der Waals surface area contributed by atoms with Crippen molar-refractivity contribution in [2.24, 2.45) is 10.7 Å². The molecule has 0 fully saturated rings. The number of amidine groups is 1. The van der Waals surface area contributed by atoms with Gasteiger partial charge in [0.2, 0.25) is 0 Å². The van der Waals surface area contributed by atoms with Crippen LogP contribution in [0.4, 0.5) is 5.69 Å². The fourth-order valence-electron chi connectivity index (χ4n) is 1.06. The van der Waals surface area contributed by atoms with Gasteiger partial charge in [0, 0.05) is 0 Å². The molecule has 2 nitrogen and oxygen atoms in total. The maximum atomic E-state index is 5.96. The van der Waals surface area contributed by atoms with Crippen molar-refractivity contribution in [2.75, 3.05) is 5.75 Å². The molecule has 0 aliphatic carbocycles. The van der Waals surface area contributed by atoms with E-state index in [1.165, 1.54) is 0 Å². The second-order valence-electron chi connectivity index (χ2n) is 2.48. The number of hydrogen-bond donors (Lipinski definition) is 1. The number of benzene rings is 1. The lowest BCUT2D eigenvalue weighted by molar-refractivity contribution is 1.33. The molecule has 0 bridgehead atoms. The Balaban J connectivity index is 2.57. The maximum Gasteiger partial charge on any atom is 0.110 e. The van der Waals surface area contributed by atoms with E-state index in [1.807, 2.05) is 18.2 Å². The molecular weight excluding hydrogens is 192 g/mol. The van der Waals surface area contributed by atoms with Gasteiger partial charge in [-0.2, -0.15) is 0 Å². The van der Waals surface area contributed by atoms with Crippen molar-refractivity contribution in [1.82, 2.24) is 0 Å². The summed E-state index contributed by atoms with van der Waals surface area (Å²) in [5.74, 6) is 1.39. The van der Waals surface area contributed by atoms with Crippen LogP contribution in [0.15, 0.2) is 28.1 Å². The third kappa shape index (κ3) is 1.30. The van der Waals surface area contributed by atoms with Gasteiger partial charge in [-0.15, -0.1) is 11.8 Å².